The molecule has 2 N–H and O–H groups in total. The molecule has 152 valence electrons. The monoisotopic (exact) mass is 393 g/mol. The molecule has 1 aliphatic rings. The van der Waals surface area contributed by atoms with E-state index in [1.54, 1.807) is 13.8 Å². The molecule has 0 radical (unpaired) electrons. The van der Waals surface area contributed by atoms with Crippen LogP contribution in [0.3, 0.4) is 0 Å². The van der Waals surface area contributed by atoms with E-state index >= 15 is 0 Å². The van der Waals surface area contributed by atoms with Crippen molar-refractivity contribution in [2.24, 2.45) is 5.92 Å². The fourth-order valence-electron chi connectivity index (χ4n) is 3.17. The number of anilines is 1. The molecule has 3 rings (SSSR count). The fourth-order valence-corrected chi connectivity index (χ4v) is 3.17. The highest BCUT2D eigenvalue weighted by Crippen LogP contribution is 2.23. The van der Waals surface area contributed by atoms with Crippen LogP contribution in [0.25, 0.3) is 5.82 Å². The maximum atomic E-state index is 12.3. The third-order valence-corrected chi connectivity index (χ3v) is 4.43. The summed E-state index contributed by atoms with van der Waals surface area (Å²) >= 11 is 0. The number of esters is 2. The SMILES string of the molecule is CCOC(=O)c1nnn(-c2nonc2N)c1CN1CCC[C@@H](C(=O)OCC)C1. The van der Waals surface area contributed by atoms with Crippen LogP contribution in [0.2, 0.25) is 0 Å². The first-order valence-corrected chi connectivity index (χ1v) is 9.14. The number of piperidine rings is 1. The average Bonchev–Trinajstić information content (AvgIpc) is 3.28. The highest BCUT2D eigenvalue weighted by Gasteiger charge is 2.31. The van der Waals surface area contributed by atoms with Crippen LogP contribution in [0.4, 0.5) is 5.82 Å². The zero-order valence-corrected chi connectivity index (χ0v) is 15.8. The van der Waals surface area contributed by atoms with E-state index in [9.17, 15) is 9.59 Å². The van der Waals surface area contributed by atoms with Crippen molar-refractivity contribution in [3.63, 3.8) is 0 Å². The molecule has 12 heteroatoms. The largest absolute Gasteiger partial charge is 0.466 e. The Morgan fingerprint density at radius 1 is 1.25 bits per heavy atom. The number of carbonyl (C=O) groups is 2. The molecule has 0 saturated carbocycles. The zero-order valence-electron chi connectivity index (χ0n) is 15.8. The molecule has 0 amide bonds. The Balaban J connectivity index is 1.87. The van der Waals surface area contributed by atoms with Crippen LogP contribution >= 0.6 is 0 Å². The lowest BCUT2D eigenvalue weighted by Gasteiger charge is -2.31. The number of likely N-dealkylation sites (tertiary alicyclic amines) is 1. The first-order chi connectivity index (χ1) is 13.5. The molecule has 1 aliphatic heterocycles. The van der Waals surface area contributed by atoms with Gasteiger partial charge in [0.2, 0.25) is 11.6 Å². The summed E-state index contributed by atoms with van der Waals surface area (Å²) in [5.74, 6) is -0.878. The van der Waals surface area contributed by atoms with Gasteiger partial charge in [0.25, 0.3) is 0 Å². The van der Waals surface area contributed by atoms with Gasteiger partial charge in [-0.15, -0.1) is 5.10 Å². The van der Waals surface area contributed by atoms with Crippen LogP contribution in [-0.2, 0) is 20.8 Å². The minimum absolute atomic E-state index is 0.0182. The zero-order chi connectivity index (χ0) is 20.1. The molecule has 0 spiro atoms. The second-order valence-corrected chi connectivity index (χ2v) is 6.32. The van der Waals surface area contributed by atoms with Crippen molar-refractivity contribution in [2.45, 2.75) is 33.2 Å². The fraction of sp³-hybridized carbons (Fsp3) is 0.625. The maximum absolute atomic E-state index is 12.3. The minimum atomic E-state index is -0.599. The number of carbonyl (C=O) groups excluding carboxylic acids is 2. The summed E-state index contributed by atoms with van der Waals surface area (Å²) in [4.78, 5) is 26.5. The number of hydrogen-bond acceptors (Lipinski definition) is 11. The second-order valence-electron chi connectivity index (χ2n) is 6.32. The number of rotatable bonds is 7. The lowest BCUT2D eigenvalue weighted by Crippen LogP contribution is -2.39. The molecule has 12 nitrogen and oxygen atoms in total. The van der Waals surface area contributed by atoms with Crippen molar-refractivity contribution in [1.29, 1.82) is 0 Å². The van der Waals surface area contributed by atoms with Crippen LogP contribution in [0.15, 0.2) is 4.63 Å². The third-order valence-electron chi connectivity index (χ3n) is 4.43. The van der Waals surface area contributed by atoms with E-state index in [0.29, 0.717) is 25.4 Å². The van der Waals surface area contributed by atoms with Crippen molar-refractivity contribution in [3.8, 4) is 5.82 Å². The van der Waals surface area contributed by atoms with Gasteiger partial charge in [-0.05, 0) is 43.5 Å². The summed E-state index contributed by atoms with van der Waals surface area (Å²) in [5.41, 5.74) is 6.26. The third kappa shape index (κ3) is 4.11. The van der Waals surface area contributed by atoms with Crippen LogP contribution in [0.1, 0.15) is 42.9 Å². The Labute approximate surface area is 160 Å². The van der Waals surface area contributed by atoms with E-state index in [1.807, 2.05) is 4.90 Å². The molecule has 0 bridgehead atoms. The predicted molar refractivity (Wildman–Crippen MR) is 94.2 cm³/mol. The molecular formula is C16H23N7O5. The quantitative estimate of drug-likeness (QED) is 0.641. The van der Waals surface area contributed by atoms with E-state index in [-0.39, 0.29) is 35.8 Å². The lowest BCUT2D eigenvalue weighted by atomic mass is 9.98. The first-order valence-electron chi connectivity index (χ1n) is 9.14. The van der Waals surface area contributed by atoms with Gasteiger partial charge in [0.05, 0.1) is 24.8 Å². The number of ether oxygens (including phenoxy) is 2. The van der Waals surface area contributed by atoms with E-state index in [4.69, 9.17) is 15.2 Å². The minimum Gasteiger partial charge on any atom is -0.466 e. The van der Waals surface area contributed by atoms with Crippen molar-refractivity contribution in [3.05, 3.63) is 11.4 Å². The van der Waals surface area contributed by atoms with Crippen molar-refractivity contribution >= 4 is 17.8 Å². The van der Waals surface area contributed by atoms with Gasteiger partial charge in [0, 0.05) is 13.1 Å². The molecule has 28 heavy (non-hydrogen) atoms. The molecule has 0 unspecified atom stereocenters. The van der Waals surface area contributed by atoms with Crippen LogP contribution in [0, 0.1) is 5.92 Å². The molecule has 2 aromatic heterocycles. The Morgan fingerprint density at radius 3 is 2.71 bits per heavy atom. The first kappa shape index (κ1) is 19.7. The van der Waals surface area contributed by atoms with Gasteiger partial charge in [0.1, 0.15) is 0 Å². The predicted octanol–water partition coefficient (Wildman–Crippen LogP) is 0.184. The van der Waals surface area contributed by atoms with Gasteiger partial charge >= 0.3 is 11.9 Å². The summed E-state index contributed by atoms with van der Waals surface area (Å²) in [7, 11) is 0. The molecule has 0 aromatic carbocycles. The number of hydrogen-bond donors (Lipinski definition) is 1. The summed E-state index contributed by atoms with van der Waals surface area (Å²) in [6.07, 6.45) is 1.59. The van der Waals surface area contributed by atoms with Crippen molar-refractivity contribution < 1.29 is 23.7 Å². The van der Waals surface area contributed by atoms with Gasteiger partial charge in [-0.25, -0.2) is 9.42 Å². The molecule has 0 aliphatic carbocycles. The van der Waals surface area contributed by atoms with E-state index in [2.05, 4.69) is 25.3 Å². The van der Waals surface area contributed by atoms with Crippen molar-refractivity contribution in [1.82, 2.24) is 30.2 Å². The van der Waals surface area contributed by atoms with Crippen LogP contribution in [-0.4, -0.2) is 68.4 Å². The van der Waals surface area contributed by atoms with Gasteiger partial charge < -0.3 is 15.2 Å². The summed E-state index contributed by atoms with van der Waals surface area (Å²) in [5, 5.41) is 15.2. The Bertz CT molecular complexity index is 833. The van der Waals surface area contributed by atoms with Gasteiger partial charge in [0.15, 0.2) is 5.69 Å². The highest BCUT2D eigenvalue weighted by molar-refractivity contribution is 5.88. The van der Waals surface area contributed by atoms with E-state index in [0.717, 1.165) is 19.4 Å². The smallest absolute Gasteiger partial charge is 0.360 e. The summed E-state index contributed by atoms with van der Waals surface area (Å²) in [6.45, 7) is 5.57. The van der Waals surface area contributed by atoms with Crippen LogP contribution < -0.4 is 5.73 Å². The summed E-state index contributed by atoms with van der Waals surface area (Å²) in [6, 6.07) is 0. The molecular weight excluding hydrogens is 370 g/mol. The maximum Gasteiger partial charge on any atom is 0.360 e. The molecule has 1 atom stereocenters. The number of nitrogen functional groups attached to an aromatic ring is 1. The van der Waals surface area contributed by atoms with Gasteiger partial charge in [-0.3, -0.25) is 9.69 Å². The van der Waals surface area contributed by atoms with E-state index < -0.39 is 5.97 Å². The molecule has 2 aromatic rings. The second kappa shape index (κ2) is 8.78. The Morgan fingerprint density at radius 2 is 2.04 bits per heavy atom. The standard InChI is InChI=1S/C16H23N7O5/c1-3-26-15(24)10-6-5-7-22(8-10)9-11-12(16(25)27-4-2)18-21-23(11)14-13(17)19-28-20-14/h10H,3-9H2,1-2H3,(H2,17,19)/t10-/m1/s1. The average molecular weight is 393 g/mol. The van der Waals surface area contributed by atoms with Gasteiger partial charge in [-0.2, -0.15) is 4.68 Å². The number of nitrogens with two attached hydrogens (primary N) is 1. The molecule has 3 heterocycles. The molecule has 1 fully saturated rings. The number of nitrogens with zero attached hydrogens (tertiary/aromatic N) is 6. The number of aromatic nitrogens is 5. The molecule has 1 saturated heterocycles. The Hall–Kier alpha value is -3.02. The van der Waals surface area contributed by atoms with Gasteiger partial charge in [-0.1, -0.05) is 5.21 Å². The normalized spacial score (nSPS) is 17.4. The van der Waals surface area contributed by atoms with Crippen LogP contribution in [0.5, 0.6) is 0 Å². The van der Waals surface area contributed by atoms with Crippen molar-refractivity contribution in [2.75, 3.05) is 32.0 Å². The Kier molecular flexibility index (Phi) is 6.19. The lowest BCUT2D eigenvalue weighted by molar-refractivity contribution is -0.150. The topological polar surface area (TPSA) is 151 Å². The summed E-state index contributed by atoms with van der Waals surface area (Å²) < 4.78 is 16.2. The van der Waals surface area contributed by atoms with E-state index in [1.165, 1.54) is 4.68 Å². The highest BCUT2D eigenvalue weighted by atomic mass is 16.6.